The Morgan fingerprint density at radius 1 is 0.833 bits per heavy atom. The fraction of sp³-hybridized carbons (Fsp3) is 0.500. The zero-order valence-corrected chi connectivity index (χ0v) is 19.1. The van der Waals surface area contributed by atoms with Gasteiger partial charge in [-0.25, -0.2) is 9.59 Å². The van der Waals surface area contributed by atoms with E-state index in [0.717, 1.165) is 25.7 Å². The molecule has 172 valence electrons. The van der Waals surface area contributed by atoms with E-state index < -0.39 is 11.9 Å². The topological polar surface area (TPSA) is 93.1 Å². The van der Waals surface area contributed by atoms with E-state index in [-0.39, 0.29) is 24.3 Å². The minimum Gasteiger partial charge on any atom is -0.462 e. The number of benzene rings is 1. The lowest BCUT2D eigenvalue weighted by atomic mass is 10.1. The van der Waals surface area contributed by atoms with Crippen molar-refractivity contribution < 1.29 is 29.3 Å². The summed E-state index contributed by atoms with van der Waals surface area (Å²) in [5.41, 5.74) is 0.537. The van der Waals surface area contributed by atoms with E-state index in [1.807, 2.05) is 27.7 Å². The molecule has 0 spiro atoms. The molecule has 0 aromatic heterocycles. The molecule has 1 aromatic rings. The van der Waals surface area contributed by atoms with E-state index >= 15 is 0 Å². The highest BCUT2D eigenvalue weighted by Gasteiger charge is 2.18. The van der Waals surface area contributed by atoms with Gasteiger partial charge < -0.3 is 19.7 Å². The Hall–Kier alpha value is -2.44. The second-order valence-corrected chi connectivity index (χ2v) is 5.79. The van der Waals surface area contributed by atoms with Crippen LogP contribution in [0.4, 0.5) is 0 Å². The third kappa shape index (κ3) is 20.3. The normalized spacial score (nSPS) is 8.60. The fourth-order valence-electron chi connectivity index (χ4n) is 1.61. The van der Waals surface area contributed by atoms with Gasteiger partial charge in [-0.05, 0) is 38.8 Å². The Kier molecular flexibility index (Phi) is 28.5. The molecule has 30 heavy (non-hydrogen) atoms. The number of unbranched alkanes of at least 4 members (excludes halogenated alkanes) is 2. The smallest absolute Gasteiger partial charge is 0.339 e. The maximum absolute atomic E-state index is 11.9. The van der Waals surface area contributed by atoms with Crippen molar-refractivity contribution in [2.24, 2.45) is 0 Å². The van der Waals surface area contributed by atoms with Crippen molar-refractivity contribution >= 4 is 11.9 Å². The van der Waals surface area contributed by atoms with Crippen LogP contribution in [-0.4, -0.2) is 48.6 Å². The summed E-state index contributed by atoms with van der Waals surface area (Å²) in [5, 5.41) is 15.2. The molecule has 0 aliphatic carbocycles. The molecule has 2 N–H and O–H groups in total. The van der Waals surface area contributed by atoms with Crippen LogP contribution in [-0.2, 0) is 9.47 Å². The van der Waals surface area contributed by atoms with Crippen molar-refractivity contribution in [1.82, 2.24) is 0 Å². The monoisotopic (exact) mass is 424 g/mol. The van der Waals surface area contributed by atoms with Crippen LogP contribution in [0, 0.1) is 0 Å². The maximum Gasteiger partial charge on any atom is 0.339 e. The number of ether oxygens (including phenoxy) is 2. The van der Waals surface area contributed by atoms with Gasteiger partial charge in [0.2, 0.25) is 0 Å². The number of aliphatic hydroxyl groups is 2. The van der Waals surface area contributed by atoms with E-state index in [2.05, 4.69) is 13.2 Å². The van der Waals surface area contributed by atoms with Gasteiger partial charge in [-0.2, -0.15) is 0 Å². The van der Waals surface area contributed by atoms with Crippen LogP contribution in [0.15, 0.2) is 49.6 Å². The minimum absolute atomic E-state index is 0.125. The van der Waals surface area contributed by atoms with Gasteiger partial charge in [-0.1, -0.05) is 51.0 Å². The van der Waals surface area contributed by atoms with Crippen molar-refractivity contribution in [2.75, 3.05) is 26.4 Å². The molecule has 0 unspecified atom stereocenters. The van der Waals surface area contributed by atoms with Gasteiger partial charge >= 0.3 is 11.9 Å². The number of carbonyl (C=O) groups is 2. The SMILES string of the molecule is C=CC.C=CC.CCCCOC(=O)c1ccccc1C(=O)OCCCC.OCCO. The van der Waals surface area contributed by atoms with Gasteiger partial charge in [0.25, 0.3) is 0 Å². The number of hydrogen-bond acceptors (Lipinski definition) is 6. The third-order valence-electron chi connectivity index (χ3n) is 2.93. The summed E-state index contributed by atoms with van der Waals surface area (Å²) in [4.78, 5) is 23.9. The molecular weight excluding hydrogens is 384 g/mol. The highest BCUT2D eigenvalue weighted by atomic mass is 16.5. The zero-order valence-electron chi connectivity index (χ0n) is 19.1. The van der Waals surface area contributed by atoms with Crippen molar-refractivity contribution in [3.8, 4) is 0 Å². The third-order valence-corrected chi connectivity index (χ3v) is 2.93. The summed E-state index contributed by atoms with van der Waals surface area (Å²) in [6.07, 6.45) is 7.03. The molecule has 0 bridgehead atoms. The van der Waals surface area contributed by atoms with Crippen LogP contribution in [0.2, 0.25) is 0 Å². The average molecular weight is 425 g/mol. The van der Waals surface area contributed by atoms with Crippen molar-refractivity contribution in [3.05, 3.63) is 60.7 Å². The Bertz CT molecular complexity index is 505. The Morgan fingerprint density at radius 2 is 1.13 bits per heavy atom. The first kappa shape index (κ1) is 32.2. The standard InChI is InChI=1S/C16H22O4.2C3H6.C2H6O2/c1-3-5-11-19-15(17)13-9-7-8-10-14(13)16(18)20-12-6-4-2;2*1-3-2;3-1-2-4/h7-10H,3-6,11-12H2,1-2H3;2*3H,1H2,2H3;3-4H,1-2H2. The minimum atomic E-state index is -0.471. The first-order chi connectivity index (χ1) is 14.4. The molecule has 1 aromatic carbocycles. The summed E-state index contributed by atoms with van der Waals surface area (Å²) in [7, 11) is 0. The molecule has 0 radical (unpaired) electrons. The molecule has 0 heterocycles. The Labute approximate surface area is 182 Å². The van der Waals surface area contributed by atoms with Crippen LogP contribution in [0.25, 0.3) is 0 Å². The second-order valence-electron chi connectivity index (χ2n) is 5.79. The summed E-state index contributed by atoms with van der Waals surface area (Å²) in [5.74, 6) is -0.942. The molecular formula is C24H40O6. The van der Waals surface area contributed by atoms with Crippen LogP contribution >= 0.6 is 0 Å². The number of rotatable bonds is 9. The largest absolute Gasteiger partial charge is 0.462 e. The maximum atomic E-state index is 11.9. The van der Waals surface area contributed by atoms with Crippen molar-refractivity contribution in [2.45, 2.75) is 53.4 Å². The number of aliphatic hydroxyl groups excluding tert-OH is 2. The van der Waals surface area contributed by atoms with Crippen LogP contribution < -0.4 is 0 Å². The van der Waals surface area contributed by atoms with Gasteiger partial charge in [0.15, 0.2) is 0 Å². The van der Waals surface area contributed by atoms with E-state index in [9.17, 15) is 9.59 Å². The first-order valence-electron chi connectivity index (χ1n) is 10.2. The molecule has 6 heteroatoms. The summed E-state index contributed by atoms with van der Waals surface area (Å²) >= 11 is 0. The van der Waals surface area contributed by atoms with Gasteiger partial charge in [0.05, 0.1) is 37.6 Å². The highest BCUT2D eigenvalue weighted by molar-refractivity contribution is 6.03. The first-order valence-corrected chi connectivity index (χ1v) is 10.2. The number of hydrogen-bond donors (Lipinski definition) is 2. The fourth-order valence-corrected chi connectivity index (χ4v) is 1.61. The predicted octanol–water partition coefficient (Wildman–Crippen LogP) is 4.96. The van der Waals surface area contributed by atoms with Crippen LogP contribution in [0.3, 0.4) is 0 Å². The second kappa shape index (κ2) is 26.6. The van der Waals surface area contributed by atoms with Gasteiger partial charge in [-0.15, -0.1) is 13.2 Å². The summed E-state index contributed by atoms with van der Waals surface area (Å²) in [6, 6.07) is 6.59. The number of esters is 2. The molecule has 0 aliphatic heterocycles. The van der Waals surface area contributed by atoms with Crippen molar-refractivity contribution in [3.63, 3.8) is 0 Å². The predicted molar refractivity (Wildman–Crippen MR) is 123 cm³/mol. The molecule has 6 nitrogen and oxygen atoms in total. The van der Waals surface area contributed by atoms with Gasteiger partial charge in [0, 0.05) is 0 Å². The van der Waals surface area contributed by atoms with Crippen LogP contribution in [0.5, 0.6) is 0 Å². The van der Waals surface area contributed by atoms with Gasteiger partial charge in [-0.3, -0.25) is 0 Å². The van der Waals surface area contributed by atoms with E-state index in [4.69, 9.17) is 19.7 Å². The quantitative estimate of drug-likeness (QED) is 0.331. The Balaban J connectivity index is -0.000000611. The molecule has 1 rings (SSSR count). The summed E-state index contributed by atoms with van der Waals surface area (Å²) in [6.45, 7) is 15.0. The lowest BCUT2D eigenvalue weighted by Crippen LogP contribution is -2.14. The molecule has 0 aliphatic rings. The van der Waals surface area contributed by atoms with E-state index in [0.29, 0.717) is 13.2 Å². The average Bonchev–Trinajstić information content (AvgIpc) is 2.75. The van der Waals surface area contributed by atoms with Gasteiger partial charge in [0.1, 0.15) is 0 Å². The molecule has 0 amide bonds. The zero-order chi connectivity index (χ0) is 23.6. The highest BCUT2D eigenvalue weighted by Crippen LogP contribution is 2.12. The molecule has 0 fully saturated rings. The lowest BCUT2D eigenvalue weighted by Gasteiger charge is -2.09. The number of carbonyl (C=O) groups excluding carboxylic acids is 2. The lowest BCUT2D eigenvalue weighted by molar-refractivity contribution is 0.0452. The number of allylic oxidation sites excluding steroid dienone is 2. The molecule has 0 saturated carbocycles. The van der Waals surface area contributed by atoms with E-state index in [1.165, 1.54) is 0 Å². The molecule has 0 saturated heterocycles. The van der Waals surface area contributed by atoms with Crippen molar-refractivity contribution in [1.29, 1.82) is 0 Å². The van der Waals surface area contributed by atoms with Crippen LogP contribution in [0.1, 0.15) is 74.1 Å². The van der Waals surface area contributed by atoms with E-state index in [1.54, 1.807) is 36.4 Å². The Morgan fingerprint density at radius 3 is 1.37 bits per heavy atom. The summed E-state index contributed by atoms with van der Waals surface area (Å²) < 4.78 is 10.3. The molecule has 0 atom stereocenters.